The predicted octanol–water partition coefficient (Wildman–Crippen LogP) is 0.481. The SMILES string of the molecule is COCCn1c(CN)nnc1C1OCCC1C. The molecule has 17 heavy (non-hydrogen) atoms. The van der Waals surface area contributed by atoms with E-state index in [9.17, 15) is 0 Å². The molecule has 2 heterocycles. The minimum atomic E-state index is 0.0413. The second-order valence-electron chi connectivity index (χ2n) is 4.38. The van der Waals surface area contributed by atoms with Crippen LogP contribution < -0.4 is 5.73 Å². The highest BCUT2D eigenvalue weighted by Gasteiger charge is 2.31. The number of methoxy groups -OCH3 is 1. The van der Waals surface area contributed by atoms with Crippen LogP contribution in [-0.4, -0.2) is 35.1 Å². The van der Waals surface area contributed by atoms with Crippen molar-refractivity contribution in [3.05, 3.63) is 11.6 Å². The lowest BCUT2D eigenvalue weighted by atomic mass is 10.0. The van der Waals surface area contributed by atoms with Gasteiger partial charge in [-0.3, -0.25) is 0 Å². The van der Waals surface area contributed by atoms with Crippen molar-refractivity contribution in [3.63, 3.8) is 0 Å². The fraction of sp³-hybridized carbons (Fsp3) is 0.818. The molecular weight excluding hydrogens is 220 g/mol. The van der Waals surface area contributed by atoms with Gasteiger partial charge in [0.1, 0.15) is 11.9 Å². The van der Waals surface area contributed by atoms with Crippen LogP contribution in [-0.2, 0) is 22.6 Å². The van der Waals surface area contributed by atoms with Gasteiger partial charge in [0.25, 0.3) is 0 Å². The highest BCUT2D eigenvalue weighted by Crippen LogP contribution is 2.33. The van der Waals surface area contributed by atoms with E-state index in [4.69, 9.17) is 15.2 Å². The average Bonchev–Trinajstić information content (AvgIpc) is 2.91. The van der Waals surface area contributed by atoms with Crippen LogP contribution in [0.5, 0.6) is 0 Å². The number of hydrogen-bond donors (Lipinski definition) is 1. The zero-order valence-electron chi connectivity index (χ0n) is 10.4. The minimum absolute atomic E-state index is 0.0413. The van der Waals surface area contributed by atoms with Crippen LogP contribution in [0.2, 0.25) is 0 Å². The van der Waals surface area contributed by atoms with Gasteiger partial charge < -0.3 is 19.8 Å². The molecule has 6 heteroatoms. The van der Waals surface area contributed by atoms with Crippen LogP contribution in [0.25, 0.3) is 0 Å². The molecular formula is C11H20N4O2. The Kier molecular flexibility index (Phi) is 4.09. The molecule has 2 rings (SSSR count). The Hall–Kier alpha value is -0.980. The molecule has 1 aromatic heterocycles. The fourth-order valence-corrected chi connectivity index (χ4v) is 2.16. The van der Waals surface area contributed by atoms with Crippen LogP contribution in [0.4, 0.5) is 0 Å². The van der Waals surface area contributed by atoms with E-state index in [0.717, 1.165) is 31.2 Å². The van der Waals surface area contributed by atoms with Crippen molar-refractivity contribution in [2.75, 3.05) is 20.3 Å². The van der Waals surface area contributed by atoms with E-state index in [1.54, 1.807) is 7.11 Å². The molecule has 0 aliphatic carbocycles. The Morgan fingerprint density at radius 2 is 2.35 bits per heavy atom. The van der Waals surface area contributed by atoms with Gasteiger partial charge in [0.2, 0.25) is 0 Å². The molecule has 1 aromatic rings. The zero-order valence-corrected chi connectivity index (χ0v) is 10.4. The standard InChI is InChI=1S/C11H20N4O2/c1-8-3-5-17-10(8)11-14-13-9(7-12)15(11)4-6-16-2/h8,10H,3-7,12H2,1-2H3. The lowest BCUT2D eigenvalue weighted by Gasteiger charge is -2.16. The number of nitrogens with two attached hydrogens (primary N) is 1. The number of ether oxygens (including phenoxy) is 2. The molecule has 0 bridgehead atoms. The second kappa shape index (κ2) is 5.57. The van der Waals surface area contributed by atoms with Crippen molar-refractivity contribution < 1.29 is 9.47 Å². The summed E-state index contributed by atoms with van der Waals surface area (Å²) in [6.07, 6.45) is 1.11. The molecule has 1 aliphatic rings. The Morgan fingerprint density at radius 1 is 1.53 bits per heavy atom. The maximum absolute atomic E-state index is 5.72. The molecule has 96 valence electrons. The maximum Gasteiger partial charge on any atom is 0.162 e. The summed E-state index contributed by atoms with van der Waals surface area (Å²) >= 11 is 0. The van der Waals surface area contributed by atoms with Crippen LogP contribution in [0.3, 0.4) is 0 Å². The van der Waals surface area contributed by atoms with Crippen molar-refractivity contribution in [2.45, 2.75) is 32.5 Å². The third-order valence-electron chi connectivity index (χ3n) is 3.20. The zero-order chi connectivity index (χ0) is 12.3. The van der Waals surface area contributed by atoms with Crippen molar-refractivity contribution >= 4 is 0 Å². The van der Waals surface area contributed by atoms with Gasteiger partial charge in [-0.1, -0.05) is 6.92 Å². The lowest BCUT2D eigenvalue weighted by Crippen LogP contribution is -2.18. The molecule has 1 fully saturated rings. The Balaban J connectivity index is 2.23. The quantitative estimate of drug-likeness (QED) is 0.810. The summed E-state index contributed by atoms with van der Waals surface area (Å²) in [6, 6.07) is 0. The summed E-state index contributed by atoms with van der Waals surface area (Å²) < 4.78 is 12.8. The molecule has 1 aliphatic heterocycles. The highest BCUT2D eigenvalue weighted by molar-refractivity contribution is 5.02. The summed E-state index contributed by atoms with van der Waals surface area (Å²) in [5, 5.41) is 8.34. The fourth-order valence-electron chi connectivity index (χ4n) is 2.16. The average molecular weight is 240 g/mol. The molecule has 6 nitrogen and oxygen atoms in total. The van der Waals surface area contributed by atoms with Gasteiger partial charge in [-0.15, -0.1) is 10.2 Å². The molecule has 0 aromatic carbocycles. The summed E-state index contributed by atoms with van der Waals surface area (Å²) in [5.74, 6) is 2.15. The van der Waals surface area contributed by atoms with Gasteiger partial charge in [0.05, 0.1) is 13.2 Å². The van der Waals surface area contributed by atoms with E-state index in [2.05, 4.69) is 17.1 Å². The van der Waals surface area contributed by atoms with E-state index in [-0.39, 0.29) is 6.10 Å². The van der Waals surface area contributed by atoms with Crippen LogP contribution in [0, 0.1) is 5.92 Å². The number of aromatic nitrogens is 3. The molecule has 2 unspecified atom stereocenters. The van der Waals surface area contributed by atoms with Gasteiger partial charge in [-0.2, -0.15) is 0 Å². The molecule has 0 saturated carbocycles. The van der Waals surface area contributed by atoms with Crippen LogP contribution >= 0.6 is 0 Å². The van der Waals surface area contributed by atoms with E-state index in [1.807, 2.05) is 4.57 Å². The number of nitrogens with zero attached hydrogens (tertiary/aromatic N) is 3. The van der Waals surface area contributed by atoms with E-state index in [1.165, 1.54) is 0 Å². The maximum atomic E-state index is 5.72. The summed E-state index contributed by atoms with van der Waals surface area (Å²) in [6.45, 7) is 4.70. The summed E-state index contributed by atoms with van der Waals surface area (Å²) in [5.41, 5.74) is 5.66. The van der Waals surface area contributed by atoms with E-state index >= 15 is 0 Å². The van der Waals surface area contributed by atoms with Crippen LogP contribution in [0.15, 0.2) is 0 Å². The van der Waals surface area contributed by atoms with E-state index in [0.29, 0.717) is 19.1 Å². The monoisotopic (exact) mass is 240 g/mol. The van der Waals surface area contributed by atoms with Crippen molar-refractivity contribution in [1.82, 2.24) is 14.8 Å². The smallest absolute Gasteiger partial charge is 0.162 e. The van der Waals surface area contributed by atoms with Crippen molar-refractivity contribution in [1.29, 1.82) is 0 Å². The largest absolute Gasteiger partial charge is 0.383 e. The summed E-state index contributed by atoms with van der Waals surface area (Å²) in [4.78, 5) is 0. The molecule has 1 saturated heterocycles. The van der Waals surface area contributed by atoms with Gasteiger partial charge in [-0.05, 0) is 12.3 Å². The first kappa shape index (κ1) is 12.5. The van der Waals surface area contributed by atoms with Gasteiger partial charge in [-0.25, -0.2) is 0 Å². The first-order valence-electron chi connectivity index (χ1n) is 6.00. The Bertz CT molecular complexity index is 366. The molecule has 0 spiro atoms. The van der Waals surface area contributed by atoms with Crippen molar-refractivity contribution in [3.8, 4) is 0 Å². The van der Waals surface area contributed by atoms with Gasteiger partial charge in [0, 0.05) is 20.3 Å². The van der Waals surface area contributed by atoms with Crippen molar-refractivity contribution in [2.24, 2.45) is 11.7 Å². The summed E-state index contributed by atoms with van der Waals surface area (Å²) in [7, 11) is 1.68. The first-order chi connectivity index (χ1) is 8.27. The third kappa shape index (κ3) is 2.48. The highest BCUT2D eigenvalue weighted by atomic mass is 16.5. The van der Waals surface area contributed by atoms with E-state index < -0.39 is 0 Å². The molecule has 0 radical (unpaired) electrons. The number of hydrogen-bond acceptors (Lipinski definition) is 5. The molecule has 2 N–H and O–H groups in total. The second-order valence-corrected chi connectivity index (χ2v) is 4.38. The normalized spacial score (nSPS) is 24.4. The van der Waals surface area contributed by atoms with Crippen LogP contribution in [0.1, 0.15) is 31.1 Å². The topological polar surface area (TPSA) is 75.2 Å². The minimum Gasteiger partial charge on any atom is -0.383 e. The molecule has 2 atom stereocenters. The molecule has 0 amide bonds. The predicted molar refractivity (Wildman–Crippen MR) is 62.3 cm³/mol. The van der Waals surface area contributed by atoms with Gasteiger partial charge in [0.15, 0.2) is 5.82 Å². The number of rotatable bonds is 5. The first-order valence-corrected chi connectivity index (χ1v) is 6.00. The Morgan fingerprint density at radius 3 is 2.94 bits per heavy atom. The van der Waals surface area contributed by atoms with Gasteiger partial charge >= 0.3 is 0 Å². The Labute approximate surface area is 101 Å². The lowest BCUT2D eigenvalue weighted by molar-refractivity contribution is 0.0818. The third-order valence-corrected chi connectivity index (χ3v) is 3.20.